The van der Waals surface area contributed by atoms with Crippen molar-refractivity contribution in [1.82, 2.24) is 10.1 Å². The first-order valence-corrected chi connectivity index (χ1v) is 13.6. The van der Waals surface area contributed by atoms with Crippen molar-refractivity contribution >= 4 is 11.9 Å². The van der Waals surface area contributed by atoms with Gasteiger partial charge in [-0.2, -0.15) is 0 Å². The summed E-state index contributed by atoms with van der Waals surface area (Å²) >= 11 is 0. The summed E-state index contributed by atoms with van der Waals surface area (Å²) in [6, 6.07) is 0.526. The molecule has 2 saturated heterocycles. The quantitative estimate of drug-likeness (QED) is 0.406. The molecule has 2 aliphatic rings. The van der Waals surface area contributed by atoms with Gasteiger partial charge in [-0.3, -0.25) is 9.59 Å². The molecule has 0 aliphatic carbocycles. The maximum atomic E-state index is 11.8. The average Bonchev–Trinajstić information content (AvgIpc) is 2.81. The first-order valence-electron chi connectivity index (χ1n) is 13.6. The number of rotatable bonds is 11. The number of hydroxylamine groups is 4. The van der Waals surface area contributed by atoms with Gasteiger partial charge in [0.05, 0.1) is 12.8 Å². The molecule has 2 rings (SSSR count). The molecule has 0 amide bonds. The Labute approximate surface area is 208 Å². The molecule has 0 aromatic rings. The van der Waals surface area contributed by atoms with Crippen molar-refractivity contribution in [2.45, 2.75) is 131 Å². The lowest BCUT2D eigenvalue weighted by Gasteiger charge is -2.31. The minimum atomic E-state index is -0.350. The summed E-state index contributed by atoms with van der Waals surface area (Å²) in [7, 11) is 0. The second-order valence-electron chi connectivity index (χ2n) is 11.1. The Morgan fingerprint density at radius 2 is 1.41 bits per heavy atom. The molecule has 7 heteroatoms. The van der Waals surface area contributed by atoms with Crippen molar-refractivity contribution in [3.05, 3.63) is 0 Å². The maximum Gasteiger partial charge on any atom is 0.325 e. The molecule has 0 radical (unpaired) electrons. The van der Waals surface area contributed by atoms with Crippen LogP contribution in [-0.2, 0) is 19.3 Å². The third-order valence-electron chi connectivity index (χ3n) is 7.27. The maximum absolute atomic E-state index is 11.8. The zero-order valence-corrected chi connectivity index (χ0v) is 22.8. The highest BCUT2D eigenvalue weighted by Crippen LogP contribution is 2.27. The van der Waals surface area contributed by atoms with Crippen LogP contribution in [-0.4, -0.2) is 59.0 Å². The van der Waals surface area contributed by atoms with Gasteiger partial charge in [0.25, 0.3) is 0 Å². The molecular formula is C27H52N2O5. The van der Waals surface area contributed by atoms with Crippen molar-refractivity contribution < 1.29 is 24.4 Å². The molecule has 0 saturated carbocycles. The van der Waals surface area contributed by atoms with E-state index < -0.39 is 0 Å². The Morgan fingerprint density at radius 1 is 0.941 bits per heavy atom. The number of carbonyl (C=O) groups is 2. The van der Waals surface area contributed by atoms with Crippen LogP contribution in [0.4, 0.5) is 0 Å². The van der Waals surface area contributed by atoms with Crippen LogP contribution in [0.25, 0.3) is 0 Å². The number of hydrogen-bond donors (Lipinski definition) is 1. The van der Waals surface area contributed by atoms with E-state index in [1.807, 2.05) is 0 Å². The van der Waals surface area contributed by atoms with Crippen LogP contribution in [0.5, 0.6) is 0 Å². The van der Waals surface area contributed by atoms with Gasteiger partial charge in [0.2, 0.25) is 0 Å². The van der Waals surface area contributed by atoms with Crippen LogP contribution in [0.3, 0.4) is 0 Å². The van der Waals surface area contributed by atoms with E-state index in [0.29, 0.717) is 17.9 Å². The lowest BCUT2D eigenvalue weighted by atomic mass is 9.84. The summed E-state index contributed by atoms with van der Waals surface area (Å²) in [6.07, 6.45) is 11.6. The first kappa shape index (κ1) is 30.9. The fourth-order valence-electron chi connectivity index (χ4n) is 4.17. The summed E-state index contributed by atoms with van der Waals surface area (Å²) < 4.78 is 0. The van der Waals surface area contributed by atoms with Gasteiger partial charge in [0, 0.05) is 31.8 Å². The molecule has 2 aliphatic heterocycles. The summed E-state index contributed by atoms with van der Waals surface area (Å²) in [5.74, 6) is -0.215. The van der Waals surface area contributed by atoms with Crippen LogP contribution in [0.15, 0.2) is 0 Å². The molecule has 34 heavy (non-hydrogen) atoms. The Hall–Kier alpha value is -1.18. The van der Waals surface area contributed by atoms with E-state index in [-0.39, 0.29) is 36.9 Å². The van der Waals surface area contributed by atoms with Crippen molar-refractivity contribution in [3.8, 4) is 0 Å². The molecule has 2 heterocycles. The standard InChI is InChI=1S/C16H28N2O4.C11H24O/c1-13-7-3-5-11-17(13)21-15(19)9-10-16(20)22-18-12-6-4-8-14(18)2;1-5-11(3,4)8-6-7-10(2)9-12/h13-14H,3-12H2,1-2H3;10,12H,5-9H2,1-4H3. The highest BCUT2D eigenvalue weighted by Gasteiger charge is 2.24. The molecule has 3 unspecified atom stereocenters. The van der Waals surface area contributed by atoms with E-state index in [0.717, 1.165) is 38.8 Å². The van der Waals surface area contributed by atoms with Gasteiger partial charge in [-0.1, -0.05) is 53.4 Å². The third kappa shape index (κ3) is 13.1. The van der Waals surface area contributed by atoms with Gasteiger partial charge >= 0.3 is 11.9 Å². The van der Waals surface area contributed by atoms with Gasteiger partial charge < -0.3 is 14.8 Å². The highest BCUT2D eigenvalue weighted by molar-refractivity contribution is 5.77. The summed E-state index contributed by atoms with van der Waals surface area (Å²) in [5.41, 5.74) is 0.495. The first-order chi connectivity index (χ1) is 16.1. The Kier molecular flexibility index (Phi) is 15.0. The fourth-order valence-corrected chi connectivity index (χ4v) is 4.17. The van der Waals surface area contributed by atoms with Crippen LogP contribution < -0.4 is 0 Å². The lowest BCUT2D eigenvalue weighted by molar-refractivity contribution is -0.212. The zero-order chi connectivity index (χ0) is 25.6. The minimum Gasteiger partial charge on any atom is -0.396 e. The van der Waals surface area contributed by atoms with Crippen molar-refractivity contribution in [3.63, 3.8) is 0 Å². The van der Waals surface area contributed by atoms with E-state index in [9.17, 15) is 9.59 Å². The largest absolute Gasteiger partial charge is 0.396 e. The molecule has 200 valence electrons. The van der Waals surface area contributed by atoms with E-state index in [2.05, 4.69) is 41.5 Å². The van der Waals surface area contributed by atoms with Gasteiger partial charge in [0.15, 0.2) is 0 Å². The number of aliphatic hydroxyl groups is 1. The smallest absolute Gasteiger partial charge is 0.325 e. The van der Waals surface area contributed by atoms with Crippen molar-refractivity contribution in [1.29, 1.82) is 0 Å². The van der Waals surface area contributed by atoms with Gasteiger partial charge in [0.1, 0.15) is 0 Å². The van der Waals surface area contributed by atoms with Crippen LogP contribution in [0, 0.1) is 11.3 Å². The lowest BCUT2D eigenvalue weighted by Crippen LogP contribution is -2.40. The van der Waals surface area contributed by atoms with E-state index in [4.69, 9.17) is 14.8 Å². The van der Waals surface area contributed by atoms with Gasteiger partial charge in [-0.15, -0.1) is 10.1 Å². The van der Waals surface area contributed by atoms with E-state index >= 15 is 0 Å². The molecule has 7 nitrogen and oxygen atoms in total. The Bertz CT molecular complexity index is 547. The molecule has 0 spiro atoms. The zero-order valence-electron chi connectivity index (χ0n) is 22.8. The average molecular weight is 485 g/mol. The third-order valence-corrected chi connectivity index (χ3v) is 7.27. The summed E-state index contributed by atoms with van der Waals surface area (Å²) in [6.45, 7) is 15.0. The molecule has 0 aromatic carbocycles. The van der Waals surface area contributed by atoms with Crippen LogP contribution >= 0.6 is 0 Å². The Balaban J connectivity index is 0.000000411. The summed E-state index contributed by atoms with van der Waals surface area (Å²) in [5, 5.41) is 12.3. The molecule has 2 fully saturated rings. The normalized spacial score (nSPS) is 22.9. The molecular weight excluding hydrogens is 432 g/mol. The minimum absolute atomic E-state index is 0.0737. The topological polar surface area (TPSA) is 79.3 Å². The molecule has 0 aromatic heterocycles. The Morgan fingerprint density at radius 3 is 1.79 bits per heavy atom. The molecule has 1 N–H and O–H groups in total. The monoisotopic (exact) mass is 484 g/mol. The van der Waals surface area contributed by atoms with Gasteiger partial charge in [-0.05, 0) is 63.7 Å². The number of piperidine rings is 2. The summed E-state index contributed by atoms with van der Waals surface area (Å²) in [4.78, 5) is 34.3. The fraction of sp³-hybridized carbons (Fsp3) is 0.926. The predicted octanol–water partition coefficient (Wildman–Crippen LogP) is 5.65. The SMILES string of the molecule is CC1CCCCN1OC(=O)CCC(=O)ON1CCCCC1C.CCC(C)(C)CCCC(C)CO. The van der Waals surface area contributed by atoms with Gasteiger partial charge in [-0.25, -0.2) is 0 Å². The number of carbonyl (C=O) groups excluding carboxylic acids is 2. The number of hydrogen-bond acceptors (Lipinski definition) is 7. The van der Waals surface area contributed by atoms with Crippen molar-refractivity contribution in [2.75, 3.05) is 19.7 Å². The molecule has 3 atom stereocenters. The second kappa shape index (κ2) is 16.5. The number of aliphatic hydroxyl groups excluding tert-OH is 1. The second-order valence-corrected chi connectivity index (χ2v) is 11.1. The van der Waals surface area contributed by atoms with Crippen LogP contribution in [0.2, 0.25) is 0 Å². The van der Waals surface area contributed by atoms with Crippen molar-refractivity contribution in [2.24, 2.45) is 11.3 Å². The van der Waals surface area contributed by atoms with E-state index in [1.54, 1.807) is 10.1 Å². The predicted molar refractivity (Wildman–Crippen MR) is 136 cm³/mol. The van der Waals surface area contributed by atoms with Crippen LogP contribution in [0.1, 0.15) is 119 Å². The highest BCUT2D eigenvalue weighted by atomic mass is 16.7. The number of nitrogens with zero attached hydrogens (tertiary/aromatic N) is 2. The van der Waals surface area contributed by atoms with E-state index in [1.165, 1.54) is 38.5 Å². The molecule has 0 bridgehead atoms.